The zero-order chi connectivity index (χ0) is 30.5. The van der Waals surface area contributed by atoms with Gasteiger partial charge in [0.1, 0.15) is 12.6 Å². The summed E-state index contributed by atoms with van der Waals surface area (Å²) in [5.74, 6) is -1.03. The predicted octanol–water partition coefficient (Wildman–Crippen LogP) is 6.62. The first kappa shape index (κ1) is 33.0. The zero-order valence-electron chi connectivity index (χ0n) is 23.0. The molecule has 0 saturated carbocycles. The number of sulfonamides is 1. The van der Waals surface area contributed by atoms with Gasteiger partial charge in [0, 0.05) is 23.5 Å². The van der Waals surface area contributed by atoms with Gasteiger partial charge in [0.25, 0.3) is 0 Å². The number of rotatable bonds is 10. The molecule has 0 heterocycles. The Morgan fingerprint density at radius 3 is 2.07 bits per heavy atom. The summed E-state index contributed by atoms with van der Waals surface area (Å²) in [7, 11) is -3.98. The van der Waals surface area contributed by atoms with Crippen LogP contribution in [0.25, 0.3) is 0 Å². The van der Waals surface area contributed by atoms with Crippen molar-refractivity contribution in [3.05, 3.63) is 97.9 Å². The highest BCUT2D eigenvalue weighted by atomic mass is 35.5. The minimum absolute atomic E-state index is 0.0449. The van der Waals surface area contributed by atoms with Crippen molar-refractivity contribution < 1.29 is 18.0 Å². The lowest BCUT2D eigenvalue weighted by Gasteiger charge is -2.35. The van der Waals surface area contributed by atoms with Crippen LogP contribution < -0.4 is 9.62 Å². The number of hydrogen-bond acceptors (Lipinski definition) is 4. The van der Waals surface area contributed by atoms with Gasteiger partial charge in [0.15, 0.2) is 0 Å². The summed E-state index contributed by atoms with van der Waals surface area (Å²) >= 11 is 24.7. The second kappa shape index (κ2) is 13.7. The van der Waals surface area contributed by atoms with Crippen LogP contribution in [0.3, 0.4) is 0 Å². The summed E-state index contributed by atoms with van der Waals surface area (Å²) in [4.78, 5) is 29.2. The number of hydrogen-bond donors (Lipinski definition) is 1. The molecule has 0 bridgehead atoms. The topological polar surface area (TPSA) is 86.8 Å². The van der Waals surface area contributed by atoms with Crippen LogP contribution >= 0.6 is 46.4 Å². The molecule has 220 valence electrons. The Balaban J connectivity index is 2.11. The predicted molar refractivity (Wildman–Crippen MR) is 167 cm³/mol. The number of benzene rings is 3. The van der Waals surface area contributed by atoms with Crippen molar-refractivity contribution in [2.24, 2.45) is 0 Å². The van der Waals surface area contributed by atoms with E-state index in [4.69, 9.17) is 46.4 Å². The molecule has 41 heavy (non-hydrogen) atoms. The molecule has 3 aromatic rings. The van der Waals surface area contributed by atoms with E-state index < -0.39 is 40.0 Å². The Hall–Kier alpha value is -2.49. The molecule has 0 aromatic heterocycles. The summed E-state index contributed by atoms with van der Waals surface area (Å²) in [6, 6.07) is 17.4. The standard InChI is InChI=1S/C29H31Cl4N3O4S/c1-29(2,3)34-28(38)26(15-19-8-6-5-7-9-19)35(17-20-10-12-22(31)23(32)14-20)27(37)18-36(41(4,39)40)25-13-11-21(30)16-24(25)33/h5-14,16,26H,15,17-18H2,1-4H3,(H,34,38). The highest BCUT2D eigenvalue weighted by Crippen LogP contribution is 2.31. The molecule has 1 atom stereocenters. The Morgan fingerprint density at radius 2 is 1.51 bits per heavy atom. The van der Waals surface area contributed by atoms with Crippen LogP contribution in [0.5, 0.6) is 0 Å². The Kier molecular flexibility index (Phi) is 11.0. The van der Waals surface area contributed by atoms with E-state index in [-0.39, 0.29) is 28.7 Å². The quantitative estimate of drug-likeness (QED) is 0.265. The van der Waals surface area contributed by atoms with Crippen molar-refractivity contribution in [2.75, 3.05) is 17.1 Å². The lowest BCUT2D eigenvalue weighted by Crippen LogP contribution is -2.56. The Labute approximate surface area is 261 Å². The fraction of sp³-hybridized carbons (Fsp3) is 0.310. The monoisotopic (exact) mass is 657 g/mol. The van der Waals surface area contributed by atoms with Gasteiger partial charge >= 0.3 is 0 Å². The average Bonchev–Trinajstić information content (AvgIpc) is 2.86. The van der Waals surface area contributed by atoms with Crippen molar-refractivity contribution >= 4 is 73.9 Å². The third-order valence-electron chi connectivity index (χ3n) is 5.96. The van der Waals surface area contributed by atoms with Gasteiger partial charge in [-0.25, -0.2) is 8.42 Å². The maximum absolute atomic E-state index is 14.1. The first-order chi connectivity index (χ1) is 19.0. The van der Waals surface area contributed by atoms with Gasteiger partial charge in [-0.2, -0.15) is 0 Å². The third-order valence-corrected chi connectivity index (χ3v) is 8.37. The molecule has 12 heteroatoms. The van der Waals surface area contributed by atoms with Gasteiger partial charge in [-0.1, -0.05) is 82.8 Å². The molecular weight excluding hydrogens is 628 g/mol. The molecule has 0 saturated heterocycles. The zero-order valence-corrected chi connectivity index (χ0v) is 26.8. The largest absolute Gasteiger partial charge is 0.350 e. The van der Waals surface area contributed by atoms with Crippen LogP contribution in [0.15, 0.2) is 66.7 Å². The number of carbonyl (C=O) groups excluding carboxylic acids is 2. The Bertz CT molecular complexity index is 1510. The molecule has 3 rings (SSSR count). The van der Waals surface area contributed by atoms with E-state index in [1.54, 1.807) is 18.2 Å². The van der Waals surface area contributed by atoms with Gasteiger partial charge in [-0.05, 0) is 62.2 Å². The van der Waals surface area contributed by atoms with E-state index >= 15 is 0 Å². The summed E-state index contributed by atoms with van der Waals surface area (Å²) < 4.78 is 26.7. The van der Waals surface area contributed by atoms with E-state index in [0.717, 1.165) is 16.1 Å². The normalized spacial score (nSPS) is 12.5. The van der Waals surface area contributed by atoms with Gasteiger partial charge in [0.05, 0.1) is 27.0 Å². The van der Waals surface area contributed by atoms with Crippen molar-refractivity contribution in [1.82, 2.24) is 10.2 Å². The second-order valence-electron chi connectivity index (χ2n) is 10.6. The smallest absolute Gasteiger partial charge is 0.244 e. The highest BCUT2D eigenvalue weighted by Gasteiger charge is 2.34. The molecule has 0 fully saturated rings. The van der Waals surface area contributed by atoms with Crippen LogP contribution in [0.2, 0.25) is 20.1 Å². The summed E-state index contributed by atoms with van der Waals surface area (Å²) in [6.07, 6.45) is 1.15. The van der Waals surface area contributed by atoms with Crippen molar-refractivity contribution in [2.45, 2.75) is 45.3 Å². The molecule has 1 unspecified atom stereocenters. The van der Waals surface area contributed by atoms with Crippen molar-refractivity contribution in [3.8, 4) is 0 Å². The molecule has 3 aromatic carbocycles. The molecule has 7 nitrogen and oxygen atoms in total. The van der Waals surface area contributed by atoms with E-state index in [1.165, 1.54) is 23.1 Å². The van der Waals surface area contributed by atoms with Crippen LogP contribution in [-0.2, 0) is 32.6 Å². The van der Waals surface area contributed by atoms with Crippen LogP contribution in [-0.4, -0.2) is 49.5 Å². The molecular formula is C29H31Cl4N3O4S. The average molecular weight is 659 g/mol. The SMILES string of the molecule is CC(C)(C)NC(=O)C(Cc1ccccc1)N(Cc1ccc(Cl)c(Cl)c1)C(=O)CN(c1ccc(Cl)cc1Cl)S(C)(=O)=O. The number of halogens is 4. The lowest BCUT2D eigenvalue weighted by atomic mass is 10.0. The van der Waals surface area contributed by atoms with Gasteiger partial charge in [-0.3, -0.25) is 13.9 Å². The van der Waals surface area contributed by atoms with Crippen molar-refractivity contribution in [3.63, 3.8) is 0 Å². The fourth-order valence-corrected chi connectivity index (χ4v) is 5.86. The minimum atomic E-state index is -3.98. The molecule has 1 N–H and O–H groups in total. The van der Waals surface area contributed by atoms with E-state index in [2.05, 4.69) is 5.32 Å². The summed E-state index contributed by atoms with van der Waals surface area (Å²) in [6.45, 7) is 4.85. The van der Waals surface area contributed by atoms with Gasteiger partial charge < -0.3 is 10.2 Å². The summed E-state index contributed by atoms with van der Waals surface area (Å²) in [5.41, 5.74) is 0.902. The fourth-order valence-electron chi connectivity index (χ4n) is 4.12. The summed E-state index contributed by atoms with van der Waals surface area (Å²) in [5, 5.41) is 3.94. The molecule has 0 aliphatic carbocycles. The minimum Gasteiger partial charge on any atom is -0.350 e. The molecule has 0 spiro atoms. The van der Waals surface area contributed by atoms with E-state index in [0.29, 0.717) is 15.6 Å². The van der Waals surface area contributed by atoms with Gasteiger partial charge in [-0.15, -0.1) is 0 Å². The number of carbonyl (C=O) groups is 2. The Morgan fingerprint density at radius 1 is 0.854 bits per heavy atom. The van der Waals surface area contributed by atoms with Crippen molar-refractivity contribution in [1.29, 1.82) is 0 Å². The molecule has 0 aliphatic rings. The maximum Gasteiger partial charge on any atom is 0.244 e. The molecule has 0 radical (unpaired) electrons. The van der Waals surface area contributed by atoms with Gasteiger partial charge in [0.2, 0.25) is 21.8 Å². The van der Waals surface area contributed by atoms with Crippen LogP contribution in [0.4, 0.5) is 5.69 Å². The van der Waals surface area contributed by atoms with E-state index in [1.807, 2.05) is 51.1 Å². The first-order valence-electron chi connectivity index (χ1n) is 12.6. The number of nitrogens with zero attached hydrogens (tertiary/aromatic N) is 2. The second-order valence-corrected chi connectivity index (χ2v) is 14.1. The first-order valence-corrected chi connectivity index (χ1v) is 15.9. The maximum atomic E-state index is 14.1. The van der Waals surface area contributed by atoms with Crippen LogP contribution in [0.1, 0.15) is 31.9 Å². The third kappa shape index (κ3) is 9.51. The highest BCUT2D eigenvalue weighted by molar-refractivity contribution is 7.92. The molecule has 2 amide bonds. The molecule has 0 aliphatic heterocycles. The van der Waals surface area contributed by atoms with Crippen LogP contribution in [0, 0.1) is 0 Å². The number of anilines is 1. The van der Waals surface area contributed by atoms with E-state index in [9.17, 15) is 18.0 Å². The number of amides is 2. The lowest BCUT2D eigenvalue weighted by molar-refractivity contribution is -0.140. The number of nitrogens with one attached hydrogen (secondary N) is 1.